The molecule has 6 nitrogen and oxygen atoms in total. The topological polar surface area (TPSA) is 93.6 Å². The van der Waals surface area contributed by atoms with Crippen molar-refractivity contribution in [1.29, 1.82) is 0 Å². The molecule has 0 saturated carbocycles. The molecule has 1 saturated heterocycles. The number of nitrogens with one attached hydrogen (secondary N) is 1. The van der Waals surface area contributed by atoms with Crippen LogP contribution in [0.25, 0.3) is 10.9 Å². The molecule has 3 N–H and O–H groups in total. The first-order valence-electron chi connectivity index (χ1n) is 10.5. The quantitative estimate of drug-likeness (QED) is 0.264. The van der Waals surface area contributed by atoms with Crippen LogP contribution in [0, 0.1) is 0 Å². The minimum absolute atomic E-state index is 0.134. The molecule has 0 aliphatic carbocycles. The lowest BCUT2D eigenvalue weighted by Crippen LogP contribution is -2.52. The fourth-order valence-electron chi connectivity index (χ4n) is 3.88. The predicted octanol–water partition coefficient (Wildman–Crippen LogP) is 4.31. The Labute approximate surface area is 181 Å². The van der Waals surface area contributed by atoms with Crippen LogP contribution in [-0.2, 0) is 16.0 Å². The van der Waals surface area contributed by atoms with E-state index in [1.165, 1.54) is 0 Å². The van der Waals surface area contributed by atoms with Gasteiger partial charge in [-0.2, -0.15) is 0 Å². The highest BCUT2D eigenvalue weighted by Crippen LogP contribution is 2.29. The standard InChI is InChI=1S/C23H29ClN2O4/c24-23-18-7-4-5-8-19(18)25-20(23)13-12-17(27)11-10-16-15-21(28)26(16)14-6-2-1-3-9-22(29)30/h2,4-8,16-17,25,27H,1,3,9-15H2,(H,29,30)/b6-2-/t16-,17?/m0/s1. The summed E-state index contributed by atoms with van der Waals surface area (Å²) in [4.78, 5) is 27.5. The summed E-state index contributed by atoms with van der Waals surface area (Å²) >= 11 is 6.44. The maximum absolute atomic E-state index is 11.9. The number of rotatable bonds is 12. The SMILES string of the molecule is O=C(O)CCC/C=C\CN1C(=O)C[C@@H]1CCC(O)CCc1[nH]c2ccccc2c1Cl. The second-order valence-electron chi connectivity index (χ2n) is 7.89. The van der Waals surface area contributed by atoms with E-state index >= 15 is 0 Å². The highest BCUT2D eigenvalue weighted by atomic mass is 35.5. The second-order valence-corrected chi connectivity index (χ2v) is 8.27. The van der Waals surface area contributed by atoms with Crippen LogP contribution in [0.15, 0.2) is 36.4 Å². The molecule has 1 amide bonds. The third-order valence-electron chi connectivity index (χ3n) is 5.68. The molecule has 1 aromatic heterocycles. The molecule has 1 aromatic carbocycles. The normalized spacial score (nSPS) is 17.6. The Balaban J connectivity index is 1.38. The zero-order valence-corrected chi connectivity index (χ0v) is 17.8. The van der Waals surface area contributed by atoms with Crippen LogP contribution in [0.5, 0.6) is 0 Å². The number of aliphatic hydroxyl groups excluding tert-OH is 1. The van der Waals surface area contributed by atoms with Crippen molar-refractivity contribution >= 4 is 34.4 Å². The van der Waals surface area contributed by atoms with Gasteiger partial charge in [-0.05, 0) is 44.6 Å². The summed E-state index contributed by atoms with van der Waals surface area (Å²) in [5, 5.41) is 20.7. The number of allylic oxidation sites excluding steroid dienone is 1. The number of β-lactam (4-membered cyclic amide) rings is 1. The summed E-state index contributed by atoms with van der Waals surface area (Å²) in [7, 11) is 0. The van der Waals surface area contributed by atoms with Gasteiger partial charge in [0.25, 0.3) is 0 Å². The maximum Gasteiger partial charge on any atom is 0.303 e. The summed E-state index contributed by atoms with van der Waals surface area (Å²) in [5.41, 5.74) is 1.96. The van der Waals surface area contributed by atoms with E-state index < -0.39 is 12.1 Å². The Morgan fingerprint density at radius 2 is 2.10 bits per heavy atom. The first-order chi connectivity index (χ1) is 14.5. The van der Waals surface area contributed by atoms with Crippen LogP contribution in [-0.4, -0.2) is 50.7 Å². The number of benzene rings is 1. The number of H-pyrrole nitrogens is 1. The number of carbonyl (C=O) groups is 2. The van der Waals surface area contributed by atoms with Gasteiger partial charge in [0.15, 0.2) is 0 Å². The van der Waals surface area contributed by atoms with Crippen molar-refractivity contribution in [3.8, 4) is 0 Å². The van der Waals surface area contributed by atoms with E-state index in [2.05, 4.69) is 4.98 Å². The molecule has 1 aliphatic heterocycles. The van der Waals surface area contributed by atoms with E-state index in [0.29, 0.717) is 45.1 Å². The smallest absolute Gasteiger partial charge is 0.303 e. The average molecular weight is 433 g/mol. The third-order valence-corrected chi connectivity index (χ3v) is 6.11. The zero-order valence-electron chi connectivity index (χ0n) is 17.0. The number of para-hydroxylation sites is 1. The van der Waals surface area contributed by atoms with Crippen LogP contribution in [0.2, 0.25) is 5.02 Å². The molecule has 2 aromatic rings. The first-order valence-corrected chi connectivity index (χ1v) is 10.9. The lowest BCUT2D eigenvalue weighted by molar-refractivity contribution is -0.145. The summed E-state index contributed by atoms with van der Waals surface area (Å²) in [5.74, 6) is -0.652. The summed E-state index contributed by atoms with van der Waals surface area (Å²) in [6, 6.07) is 8.07. The Morgan fingerprint density at radius 1 is 1.30 bits per heavy atom. The van der Waals surface area contributed by atoms with E-state index in [-0.39, 0.29) is 18.4 Å². The number of carboxylic acid groups (broad SMARTS) is 1. The van der Waals surface area contributed by atoms with Gasteiger partial charge in [0, 0.05) is 42.0 Å². The molecule has 3 rings (SSSR count). The summed E-state index contributed by atoms with van der Waals surface area (Å²) < 4.78 is 0. The zero-order chi connectivity index (χ0) is 21.5. The van der Waals surface area contributed by atoms with Gasteiger partial charge in [-0.1, -0.05) is 42.0 Å². The van der Waals surface area contributed by atoms with Crippen molar-refractivity contribution in [3.63, 3.8) is 0 Å². The molecule has 1 fully saturated rings. The van der Waals surface area contributed by atoms with Crippen LogP contribution in [0.4, 0.5) is 0 Å². The number of hydrogen-bond acceptors (Lipinski definition) is 3. The number of hydrogen-bond donors (Lipinski definition) is 3. The number of aromatic amines is 1. The maximum atomic E-state index is 11.9. The molecule has 0 spiro atoms. The van der Waals surface area contributed by atoms with Crippen molar-refractivity contribution in [2.24, 2.45) is 0 Å². The minimum Gasteiger partial charge on any atom is -0.481 e. The molecular formula is C23H29ClN2O4. The van der Waals surface area contributed by atoms with E-state index in [1.807, 2.05) is 41.3 Å². The third kappa shape index (κ3) is 5.86. The highest BCUT2D eigenvalue weighted by Gasteiger charge is 2.34. The van der Waals surface area contributed by atoms with Crippen LogP contribution in [0.3, 0.4) is 0 Å². The van der Waals surface area contributed by atoms with Crippen molar-refractivity contribution in [2.45, 2.75) is 63.5 Å². The molecule has 2 atom stereocenters. The predicted molar refractivity (Wildman–Crippen MR) is 118 cm³/mol. The van der Waals surface area contributed by atoms with Gasteiger partial charge in [-0.25, -0.2) is 0 Å². The van der Waals surface area contributed by atoms with E-state index in [9.17, 15) is 14.7 Å². The lowest BCUT2D eigenvalue weighted by atomic mass is 9.94. The Bertz CT molecular complexity index is 908. The molecule has 2 heterocycles. The van der Waals surface area contributed by atoms with Gasteiger partial charge in [0.2, 0.25) is 5.91 Å². The number of aryl methyl sites for hydroxylation is 1. The lowest BCUT2D eigenvalue weighted by Gasteiger charge is -2.40. The molecule has 1 unspecified atom stereocenters. The van der Waals surface area contributed by atoms with Crippen molar-refractivity contribution in [2.75, 3.05) is 6.54 Å². The van der Waals surface area contributed by atoms with Crippen LogP contribution >= 0.6 is 11.6 Å². The monoisotopic (exact) mass is 432 g/mol. The molecule has 0 bridgehead atoms. The number of amides is 1. The van der Waals surface area contributed by atoms with Gasteiger partial charge < -0.3 is 20.1 Å². The largest absolute Gasteiger partial charge is 0.481 e. The van der Waals surface area contributed by atoms with Gasteiger partial charge in [0.05, 0.1) is 11.1 Å². The fraction of sp³-hybridized carbons (Fsp3) is 0.478. The first kappa shape index (κ1) is 22.4. The fourth-order valence-corrected chi connectivity index (χ4v) is 4.19. The number of likely N-dealkylation sites (tertiary alicyclic amines) is 1. The number of aliphatic carboxylic acids is 1. The summed E-state index contributed by atoms with van der Waals surface area (Å²) in [6.07, 6.45) is 8.17. The van der Waals surface area contributed by atoms with E-state index in [4.69, 9.17) is 16.7 Å². The number of unbranched alkanes of at least 4 members (excludes halogenated alkanes) is 1. The molecule has 7 heteroatoms. The number of fused-ring (bicyclic) bond motifs is 1. The van der Waals surface area contributed by atoms with Gasteiger partial charge in [-0.3, -0.25) is 9.59 Å². The number of halogens is 1. The molecule has 162 valence electrons. The van der Waals surface area contributed by atoms with Gasteiger partial charge >= 0.3 is 5.97 Å². The highest BCUT2D eigenvalue weighted by molar-refractivity contribution is 6.36. The van der Waals surface area contributed by atoms with E-state index in [1.54, 1.807) is 0 Å². The number of nitrogens with zero attached hydrogens (tertiary/aromatic N) is 1. The van der Waals surface area contributed by atoms with Gasteiger partial charge in [0.1, 0.15) is 0 Å². The summed E-state index contributed by atoms with van der Waals surface area (Å²) in [6.45, 7) is 0.553. The van der Waals surface area contributed by atoms with Crippen molar-refractivity contribution < 1.29 is 19.8 Å². The average Bonchev–Trinajstić information content (AvgIpc) is 3.04. The van der Waals surface area contributed by atoms with E-state index in [0.717, 1.165) is 28.0 Å². The Morgan fingerprint density at radius 3 is 2.83 bits per heavy atom. The number of carboxylic acids is 1. The van der Waals surface area contributed by atoms with Crippen LogP contribution in [0.1, 0.15) is 50.6 Å². The van der Waals surface area contributed by atoms with Crippen molar-refractivity contribution in [3.05, 3.63) is 47.1 Å². The van der Waals surface area contributed by atoms with Crippen molar-refractivity contribution in [1.82, 2.24) is 9.88 Å². The Hall–Kier alpha value is -2.31. The number of carbonyl (C=O) groups excluding carboxylic acids is 1. The van der Waals surface area contributed by atoms with Crippen LogP contribution < -0.4 is 0 Å². The molecular weight excluding hydrogens is 404 g/mol. The Kier molecular flexibility index (Phi) is 7.94. The number of aliphatic hydroxyl groups is 1. The number of aromatic nitrogens is 1. The molecule has 1 aliphatic rings. The second kappa shape index (κ2) is 10.6. The molecule has 30 heavy (non-hydrogen) atoms. The molecule has 0 radical (unpaired) electrons. The minimum atomic E-state index is -0.785. The van der Waals surface area contributed by atoms with Gasteiger partial charge in [-0.15, -0.1) is 0 Å².